The van der Waals surface area contributed by atoms with Gasteiger partial charge in [-0.1, -0.05) is 103 Å². The molecule has 10 rings (SSSR count). The molecule has 0 N–H and O–H groups in total. The molecular weight excluding hydrogens is 603 g/mol. The molecule has 10 aromatic rings. The molecule has 0 saturated heterocycles. The second kappa shape index (κ2) is 10.7. The number of fused-ring (bicyclic) bond motifs is 7. The molecule has 48 heavy (non-hydrogen) atoms. The Hall–Kier alpha value is -6.10. The SMILES string of the molecule is c1ccc(-c2cc(-c3ccccc3)cc(-c3ccc4c(c3)c3nc5ccccc5nc3n4-c3ccc4c(c3)sc3ccccc34)c2)cc1. The second-order valence-electron chi connectivity index (χ2n) is 12.3. The molecule has 0 fully saturated rings. The van der Waals surface area contributed by atoms with E-state index in [1.165, 1.54) is 48.0 Å². The van der Waals surface area contributed by atoms with E-state index >= 15 is 0 Å². The third-order valence-corrected chi connectivity index (χ3v) is 10.5. The molecule has 0 unspecified atom stereocenters. The Kier molecular flexibility index (Phi) is 6.05. The van der Waals surface area contributed by atoms with E-state index in [-0.39, 0.29) is 0 Å². The Labute approximate surface area is 281 Å². The van der Waals surface area contributed by atoms with Crippen molar-refractivity contribution in [1.29, 1.82) is 0 Å². The highest BCUT2D eigenvalue weighted by Gasteiger charge is 2.18. The van der Waals surface area contributed by atoms with E-state index in [0.717, 1.165) is 44.4 Å². The highest BCUT2D eigenvalue weighted by atomic mass is 32.1. The van der Waals surface area contributed by atoms with Gasteiger partial charge in [-0.3, -0.25) is 4.57 Å². The van der Waals surface area contributed by atoms with E-state index in [4.69, 9.17) is 9.97 Å². The summed E-state index contributed by atoms with van der Waals surface area (Å²) in [6.45, 7) is 0. The molecule has 3 heterocycles. The molecule has 0 amide bonds. The maximum absolute atomic E-state index is 5.23. The molecule has 0 spiro atoms. The van der Waals surface area contributed by atoms with Crippen molar-refractivity contribution in [3.63, 3.8) is 0 Å². The molecular formula is C44H27N3S. The Morgan fingerprint density at radius 2 is 1.00 bits per heavy atom. The van der Waals surface area contributed by atoms with Gasteiger partial charge in [-0.2, -0.15) is 0 Å². The van der Waals surface area contributed by atoms with Crippen molar-refractivity contribution >= 4 is 64.6 Å². The van der Waals surface area contributed by atoms with Gasteiger partial charge in [-0.05, 0) is 94.0 Å². The van der Waals surface area contributed by atoms with Gasteiger partial charge in [0.1, 0.15) is 5.52 Å². The lowest BCUT2D eigenvalue weighted by atomic mass is 9.93. The molecule has 3 nitrogen and oxygen atoms in total. The molecule has 3 aromatic heterocycles. The number of aromatic nitrogens is 3. The molecule has 0 bridgehead atoms. The topological polar surface area (TPSA) is 30.7 Å². The first kappa shape index (κ1) is 27.1. The summed E-state index contributed by atoms with van der Waals surface area (Å²) in [5, 5.41) is 3.67. The Morgan fingerprint density at radius 1 is 0.396 bits per heavy atom. The maximum atomic E-state index is 5.23. The Bertz CT molecular complexity index is 2770. The van der Waals surface area contributed by atoms with E-state index in [1.807, 2.05) is 35.6 Å². The van der Waals surface area contributed by atoms with Crippen molar-refractivity contribution in [2.24, 2.45) is 0 Å². The normalized spacial score (nSPS) is 11.8. The largest absolute Gasteiger partial charge is 0.292 e. The minimum Gasteiger partial charge on any atom is -0.292 e. The molecule has 0 aliphatic carbocycles. The van der Waals surface area contributed by atoms with Crippen molar-refractivity contribution < 1.29 is 0 Å². The van der Waals surface area contributed by atoms with Crippen molar-refractivity contribution in [3.05, 3.63) is 164 Å². The predicted molar refractivity (Wildman–Crippen MR) is 203 cm³/mol. The van der Waals surface area contributed by atoms with Crippen LogP contribution in [0.15, 0.2) is 164 Å². The summed E-state index contributed by atoms with van der Waals surface area (Å²) < 4.78 is 4.85. The number of hydrogen-bond donors (Lipinski definition) is 0. The molecule has 0 aliphatic rings. The summed E-state index contributed by atoms with van der Waals surface area (Å²) in [7, 11) is 0. The van der Waals surface area contributed by atoms with Gasteiger partial charge in [-0.25, -0.2) is 9.97 Å². The first-order valence-corrected chi connectivity index (χ1v) is 17.0. The van der Waals surface area contributed by atoms with E-state index in [1.54, 1.807) is 0 Å². The van der Waals surface area contributed by atoms with Crippen LogP contribution >= 0.6 is 11.3 Å². The minimum absolute atomic E-state index is 0.865. The van der Waals surface area contributed by atoms with Crippen LogP contribution in [0, 0.1) is 0 Å². The van der Waals surface area contributed by atoms with Crippen LogP contribution < -0.4 is 0 Å². The quantitative estimate of drug-likeness (QED) is 0.194. The standard InChI is InChI=1S/C44H27N3S/c1-3-11-28(12-4-1)31-23-32(29-13-5-2-6-14-29)25-33(24-31)30-19-22-40-37(26-30)43-44(46-39-17-9-8-16-38(39)45-43)47(40)34-20-21-36-35-15-7-10-18-41(35)48-42(36)27-34/h1-27H. The van der Waals surface area contributed by atoms with E-state index in [2.05, 4.69) is 144 Å². The number of hydrogen-bond acceptors (Lipinski definition) is 3. The van der Waals surface area contributed by atoms with Crippen LogP contribution in [0.3, 0.4) is 0 Å². The third-order valence-electron chi connectivity index (χ3n) is 9.36. The first-order chi connectivity index (χ1) is 23.8. The van der Waals surface area contributed by atoms with Crippen LogP contribution in [-0.4, -0.2) is 14.5 Å². The molecule has 4 heteroatoms. The lowest BCUT2D eigenvalue weighted by Crippen LogP contribution is -1.96. The fourth-order valence-electron chi connectivity index (χ4n) is 7.05. The smallest absolute Gasteiger partial charge is 0.165 e. The Morgan fingerprint density at radius 3 is 1.73 bits per heavy atom. The fourth-order valence-corrected chi connectivity index (χ4v) is 8.18. The summed E-state index contributed by atoms with van der Waals surface area (Å²) >= 11 is 1.84. The van der Waals surface area contributed by atoms with Crippen molar-refractivity contribution in [3.8, 4) is 39.1 Å². The number of nitrogens with zero attached hydrogens (tertiary/aromatic N) is 3. The zero-order valence-electron chi connectivity index (χ0n) is 25.8. The predicted octanol–water partition coefficient (Wildman–Crippen LogP) is 12.1. The van der Waals surface area contributed by atoms with Gasteiger partial charge in [0, 0.05) is 31.2 Å². The van der Waals surface area contributed by atoms with Crippen molar-refractivity contribution in [2.45, 2.75) is 0 Å². The zero-order chi connectivity index (χ0) is 31.6. The summed E-state index contributed by atoms with van der Waals surface area (Å²) in [5.41, 5.74) is 12.8. The van der Waals surface area contributed by atoms with Gasteiger partial charge in [0.05, 0.1) is 16.6 Å². The lowest BCUT2D eigenvalue weighted by Gasteiger charge is -2.12. The highest BCUT2D eigenvalue weighted by molar-refractivity contribution is 7.25. The zero-order valence-corrected chi connectivity index (χ0v) is 26.7. The van der Waals surface area contributed by atoms with Crippen molar-refractivity contribution in [2.75, 3.05) is 0 Å². The number of thiophene rings is 1. The van der Waals surface area contributed by atoms with Crippen LogP contribution in [0.4, 0.5) is 0 Å². The maximum Gasteiger partial charge on any atom is 0.165 e. The van der Waals surface area contributed by atoms with Gasteiger partial charge < -0.3 is 0 Å². The van der Waals surface area contributed by atoms with E-state index in [0.29, 0.717) is 0 Å². The minimum atomic E-state index is 0.865. The van der Waals surface area contributed by atoms with Gasteiger partial charge in [0.2, 0.25) is 0 Å². The van der Waals surface area contributed by atoms with Crippen LogP contribution in [0.1, 0.15) is 0 Å². The Balaban J connectivity index is 1.22. The summed E-state index contributed by atoms with van der Waals surface area (Å²) in [4.78, 5) is 10.5. The van der Waals surface area contributed by atoms with Crippen LogP contribution in [0.25, 0.3) is 92.3 Å². The molecule has 7 aromatic carbocycles. The first-order valence-electron chi connectivity index (χ1n) is 16.2. The van der Waals surface area contributed by atoms with E-state index < -0.39 is 0 Å². The van der Waals surface area contributed by atoms with E-state index in [9.17, 15) is 0 Å². The second-order valence-corrected chi connectivity index (χ2v) is 13.3. The monoisotopic (exact) mass is 629 g/mol. The molecule has 224 valence electrons. The van der Waals surface area contributed by atoms with Gasteiger partial charge in [0.25, 0.3) is 0 Å². The van der Waals surface area contributed by atoms with Crippen LogP contribution in [0.2, 0.25) is 0 Å². The average Bonchev–Trinajstić information content (AvgIpc) is 3.68. The lowest BCUT2D eigenvalue weighted by molar-refractivity contribution is 1.15. The van der Waals surface area contributed by atoms with Crippen LogP contribution in [0.5, 0.6) is 0 Å². The van der Waals surface area contributed by atoms with Gasteiger partial charge in [0.15, 0.2) is 5.65 Å². The summed E-state index contributed by atoms with van der Waals surface area (Å²) in [6, 6.07) is 58.5. The summed E-state index contributed by atoms with van der Waals surface area (Å²) in [6.07, 6.45) is 0. The van der Waals surface area contributed by atoms with Crippen LogP contribution in [-0.2, 0) is 0 Å². The third kappa shape index (κ3) is 4.34. The fraction of sp³-hybridized carbons (Fsp3) is 0. The number of benzene rings is 7. The number of para-hydroxylation sites is 2. The molecule has 0 aliphatic heterocycles. The highest BCUT2D eigenvalue weighted by Crippen LogP contribution is 2.39. The molecule has 0 saturated carbocycles. The molecule has 0 atom stereocenters. The number of rotatable bonds is 4. The summed E-state index contributed by atoms with van der Waals surface area (Å²) in [5.74, 6) is 0. The molecule has 0 radical (unpaired) electrons. The van der Waals surface area contributed by atoms with Gasteiger partial charge >= 0.3 is 0 Å². The average molecular weight is 630 g/mol. The van der Waals surface area contributed by atoms with Crippen molar-refractivity contribution in [1.82, 2.24) is 14.5 Å². The van der Waals surface area contributed by atoms with Gasteiger partial charge in [-0.15, -0.1) is 11.3 Å².